The molecule has 3 aromatic rings. The van der Waals surface area contributed by atoms with Crippen molar-refractivity contribution in [2.75, 3.05) is 5.32 Å². The average Bonchev–Trinajstić information content (AvgIpc) is 3.04. The Bertz CT molecular complexity index is 809. The first kappa shape index (κ1) is 15.4. The third-order valence-corrected chi connectivity index (χ3v) is 4.78. The second-order valence-electron chi connectivity index (χ2n) is 5.59. The Morgan fingerprint density at radius 2 is 1.74 bits per heavy atom. The SMILES string of the molecule is CC(C)c1cnc(NC(=O)c2ccccc2-c2ccccc2)s1. The summed E-state index contributed by atoms with van der Waals surface area (Å²) in [6.07, 6.45) is 1.83. The Labute approximate surface area is 140 Å². The summed E-state index contributed by atoms with van der Waals surface area (Å²) in [5, 5.41) is 3.55. The van der Waals surface area contributed by atoms with E-state index in [0.29, 0.717) is 16.6 Å². The molecule has 0 saturated carbocycles. The topological polar surface area (TPSA) is 42.0 Å². The van der Waals surface area contributed by atoms with Gasteiger partial charge in [0.25, 0.3) is 5.91 Å². The highest BCUT2D eigenvalue weighted by Crippen LogP contribution is 2.27. The molecule has 0 bridgehead atoms. The van der Waals surface area contributed by atoms with Gasteiger partial charge in [-0.3, -0.25) is 10.1 Å². The van der Waals surface area contributed by atoms with Crippen LogP contribution in [0.15, 0.2) is 60.8 Å². The number of hydrogen-bond acceptors (Lipinski definition) is 3. The quantitative estimate of drug-likeness (QED) is 0.718. The van der Waals surface area contributed by atoms with E-state index in [4.69, 9.17) is 0 Å². The second-order valence-corrected chi connectivity index (χ2v) is 6.65. The molecule has 116 valence electrons. The summed E-state index contributed by atoms with van der Waals surface area (Å²) in [6, 6.07) is 17.6. The van der Waals surface area contributed by atoms with E-state index in [1.165, 1.54) is 11.3 Å². The third-order valence-electron chi connectivity index (χ3n) is 3.57. The van der Waals surface area contributed by atoms with Crippen molar-refractivity contribution in [3.63, 3.8) is 0 Å². The van der Waals surface area contributed by atoms with Crippen LogP contribution in [0.4, 0.5) is 5.13 Å². The van der Waals surface area contributed by atoms with Crippen LogP contribution >= 0.6 is 11.3 Å². The van der Waals surface area contributed by atoms with E-state index in [9.17, 15) is 4.79 Å². The Morgan fingerprint density at radius 3 is 2.43 bits per heavy atom. The number of carbonyl (C=O) groups excluding carboxylic acids is 1. The van der Waals surface area contributed by atoms with Gasteiger partial charge in [-0.1, -0.05) is 62.4 Å². The molecule has 3 rings (SSSR count). The molecule has 1 aromatic heterocycles. The zero-order valence-electron chi connectivity index (χ0n) is 13.1. The van der Waals surface area contributed by atoms with Crippen LogP contribution in [-0.2, 0) is 0 Å². The molecular formula is C19H18N2OS. The lowest BCUT2D eigenvalue weighted by Crippen LogP contribution is -2.12. The number of carbonyl (C=O) groups is 1. The molecule has 23 heavy (non-hydrogen) atoms. The highest BCUT2D eigenvalue weighted by Gasteiger charge is 2.14. The van der Waals surface area contributed by atoms with E-state index in [1.54, 1.807) is 0 Å². The maximum atomic E-state index is 12.6. The number of hydrogen-bond donors (Lipinski definition) is 1. The van der Waals surface area contributed by atoms with Crippen molar-refractivity contribution < 1.29 is 4.79 Å². The molecule has 0 aliphatic heterocycles. The fraction of sp³-hybridized carbons (Fsp3) is 0.158. The summed E-state index contributed by atoms with van der Waals surface area (Å²) in [7, 11) is 0. The number of benzene rings is 2. The fourth-order valence-corrected chi connectivity index (χ4v) is 3.14. The van der Waals surface area contributed by atoms with Crippen molar-refractivity contribution in [3.05, 3.63) is 71.2 Å². The van der Waals surface area contributed by atoms with Crippen molar-refractivity contribution in [2.45, 2.75) is 19.8 Å². The first-order chi connectivity index (χ1) is 11.1. The molecule has 3 nitrogen and oxygen atoms in total. The van der Waals surface area contributed by atoms with Gasteiger partial charge in [-0.2, -0.15) is 0 Å². The van der Waals surface area contributed by atoms with Gasteiger partial charge in [0.05, 0.1) is 0 Å². The van der Waals surface area contributed by atoms with Crippen LogP contribution in [0.2, 0.25) is 0 Å². The highest BCUT2D eigenvalue weighted by molar-refractivity contribution is 7.15. The van der Waals surface area contributed by atoms with Gasteiger partial charge < -0.3 is 0 Å². The Hall–Kier alpha value is -2.46. The van der Waals surface area contributed by atoms with Crippen LogP contribution in [0.3, 0.4) is 0 Å². The smallest absolute Gasteiger partial charge is 0.258 e. The summed E-state index contributed by atoms with van der Waals surface area (Å²) in [5.74, 6) is 0.281. The highest BCUT2D eigenvalue weighted by atomic mass is 32.1. The molecule has 1 heterocycles. The summed E-state index contributed by atoms with van der Waals surface area (Å²) in [5.41, 5.74) is 2.60. The molecule has 0 saturated heterocycles. The number of nitrogens with zero attached hydrogens (tertiary/aromatic N) is 1. The zero-order chi connectivity index (χ0) is 16.2. The molecule has 2 aromatic carbocycles. The molecule has 0 aliphatic carbocycles. The number of anilines is 1. The predicted octanol–water partition coefficient (Wildman–Crippen LogP) is 5.19. The van der Waals surface area contributed by atoms with Gasteiger partial charge in [0, 0.05) is 16.6 Å². The minimum Gasteiger partial charge on any atom is -0.298 e. The molecule has 0 fully saturated rings. The first-order valence-corrected chi connectivity index (χ1v) is 8.38. The second kappa shape index (κ2) is 6.75. The molecule has 0 spiro atoms. The van der Waals surface area contributed by atoms with E-state index in [-0.39, 0.29) is 5.91 Å². The Kier molecular flexibility index (Phi) is 4.53. The Morgan fingerprint density at radius 1 is 1.04 bits per heavy atom. The maximum Gasteiger partial charge on any atom is 0.258 e. The maximum absolute atomic E-state index is 12.6. The number of rotatable bonds is 4. The lowest BCUT2D eigenvalue weighted by atomic mass is 9.99. The van der Waals surface area contributed by atoms with Crippen LogP contribution in [0, 0.1) is 0 Å². The standard InChI is InChI=1S/C19H18N2OS/c1-13(2)17-12-20-19(23-17)21-18(22)16-11-7-6-10-15(16)14-8-4-3-5-9-14/h3-13H,1-2H3,(H,20,21,22). The van der Waals surface area contributed by atoms with Gasteiger partial charge in [0.2, 0.25) is 0 Å². The van der Waals surface area contributed by atoms with Crippen molar-refractivity contribution in [1.82, 2.24) is 4.98 Å². The minimum atomic E-state index is -0.130. The van der Waals surface area contributed by atoms with Crippen molar-refractivity contribution in [1.29, 1.82) is 0 Å². The van der Waals surface area contributed by atoms with E-state index in [0.717, 1.165) is 16.0 Å². The van der Waals surface area contributed by atoms with Gasteiger partial charge in [0.1, 0.15) is 0 Å². The minimum absolute atomic E-state index is 0.130. The third kappa shape index (κ3) is 3.48. The molecule has 4 heteroatoms. The summed E-state index contributed by atoms with van der Waals surface area (Å²) in [4.78, 5) is 18.1. The number of nitrogens with one attached hydrogen (secondary N) is 1. The van der Waals surface area contributed by atoms with Crippen molar-refractivity contribution in [3.8, 4) is 11.1 Å². The van der Waals surface area contributed by atoms with Gasteiger partial charge in [0.15, 0.2) is 5.13 Å². The van der Waals surface area contributed by atoms with Gasteiger partial charge in [-0.15, -0.1) is 11.3 Å². The van der Waals surface area contributed by atoms with Crippen LogP contribution < -0.4 is 5.32 Å². The fourth-order valence-electron chi connectivity index (χ4n) is 2.33. The summed E-state index contributed by atoms with van der Waals surface area (Å²) in [6.45, 7) is 4.23. The van der Waals surface area contributed by atoms with Gasteiger partial charge in [-0.25, -0.2) is 4.98 Å². The van der Waals surface area contributed by atoms with Gasteiger partial charge >= 0.3 is 0 Å². The molecule has 1 N–H and O–H groups in total. The molecule has 0 atom stereocenters. The lowest BCUT2D eigenvalue weighted by molar-refractivity contribution is 0.102. The van der Waals surface area contributed by atoms with E-state index in [1.807, 2.05) is 60.8 Å². The summed E-state index contributed by atoms with van der Waals surface area (Å²) < 4.78 is 0. The first-order valence-electron chi connectivity index (χ1n) is 7.56. The molecular weight excluding hydrogens is 304 g/mol. The normalized spacial score (nSPS) is 10.7. The van der Waals surface area contributed by atoms with Crippen LogP contribution in [0.1, 0.15) is 35.0 Å². The van der Waals surface area contributed by atoms with E-state index >= 15 is 0 Å². The van der Waals surface area contributed by atoms with Crippen molar-refractivity contribution in [2.24, 2.45) is 0 Å². The van der Waals surface area contributed by atoms with E-state index < -0.39 is 0 Å². The van der Waals surface area contributed by atoms with Crippen LogP contribution in [0.25, 0.3) is 11.1 Å². The number of thiazole rings is 1. The van der Waals surface area contributed by atoms with Crippen molar-refractivity contribution >= 4 is 22.4 Å². The molecule has 0 radical (unpaired) electrons. The zero-order valence-corrected chi connectivity index (χ0v) is 13.9. The average molecular weight is 322 g/mol. The monoisotopic (exact) mass is 322 g/mol. The predicted molar refractivity (Wildman–Crippen MR) is 96.0 cm³/mol. The number of aromatic nitrogens is 1. The molecule has 0 aliphatic rings. The molecule has 1 amide bonds. The molecule has 0 unspecified atom stereocenters. The Balaban J connectivity index is 1.88. The van der Waals surface area contributed by atoms with Gasteiger partial charge in [-0.05, 0) is 23.1 Å². The van der Waals surface area contributed by atoms with Crippen LogP contribution in [0.5, 0.6) is 0 Å². The van der Waals surface area contributed by atoms with E-state index in [2.05, 4.69) is 24.1 Å². The lowest BCUT2D eigenvalue weighted by Gasteiger charge is -2.09. The largest absolute Gasteiger partial charge is 0.298 e. The summed E-state index contributed by atoms with van der Waals surface area (Å²) >= 11 is 1.52. The number of amides is 1. The van der Waals surface area contributed by atoms with Crippen LogP contribution in [-0.4, -0.2) is 10.9 Å².